The van der Waals surface area contributed by atoms with E-state index in [9.17, 15) is 9.18 Å². The molecule has 0 aliphatic heterocycles. The lowest BCUT2D eigenvalue weighted by molar-refractivity contribution is -0.140. The predicted octanol–water partition coefficient (Wildman–Crippen LogP) is 4.09. The Hall–Kier alpha value is -2.14. The molecule has 0 unspecified atom stereocenters. The van der Waals surface area contributed by atoms with Gasteiger partial charge in [0.1, 0.15) is 5.82 Å². The molecule has 1 heterocycles. The Balaban J connectivity index is 2.13. The third kappa shape index (κ3) is 5.70. The number of carbonyl (C=O) groups excluding carboxylic acids is 1. The van der Waals surface area contributed by atoms with Crippen LogP contribution in [0.15, 0.2) is 42.6 Å². The number of rotatable bonds is 8. The fraction of sp³-hybridized carbons (Fsp3) is 0.476. The Kier molecular flexibility index (Phi) is 6.98. The van der Waals surface area contributed by atoms with E-state index in [-0.39, 0.29) is 11.7 Å². The van der Waals surface area contributed by atoms with E-state index in [1.165, 1.54) is 12.1 Å². The van der Waals surface area contributed by atoms with Crippen molar-refractivity contribution in [3.63, 3.8) is 0 Å². The summed E-state index contributed by atoms with van der Waals surface area (Å²) < 4.78 is 20.3. The van der Waals surface area contributed by atoms with Crippen LogP contribution in [0.5, 0.6) is 0 Å². The van der Waals surface area contributed by atoms with Crippen LogP contribution < -0.4 is 0 Å². The van der Waals surface area contributed by atoms with Gasteiger partial charge in [-0.2, -0.15) is 0 Å². The van der Waals surface area contributed by atoms with Crippen LogP contribution in [0.4, 0.5) is 4.39 Å². The number of hydrogen-bond acceptors (Lipinski definition) is 2. The largest absolute Gasteiger partial charge is 0.385 e. The Morgan fingerprint density at radius 1 is 1.19 bits per heavy atom. The second-order valence-electron chi connectivity index (χ2n) is 7.58. The highest BCUT2D eigenvalue weighted by Crippen LogP contribution is 2.20. The van der Waals surface area contributed by atoms with E-state index in [0.29, 0.717) is 26.2 Å². The van der Waals surface area contributed by atoms with Gasteiger partial charge in [0.05, 0.1) is 6.54 Å². The van der Waals surface area contributed by atoms with Crippen LogP contribution in [0.1, 0.15) is 38.4 Å². The highest BCUT2D eigenvalue weighted by molar-refractivity contribution is 5.81. The van der Waals surface area contributed by atoms with Crippen LogP contribution >= 0.6 is 0 Å². The van der Waals surface area contributed by atoms with Crippen molar-refractivity contribution >= 4 is 5.91 Å². The number of ether oxygens (including phenoxy) is 1. The standard InChI is InChI=1S/C21H29FN2O2/c1-21(2,3)20(25)24(13-6-14-26-4)16-19-7-5-12-23(19)15-17-8-10-18(22)11-9-17/h5,7-12H,6,13-16H2,1-4H3. The second kappa shape index (κ2) is 8.99. The van der Waals surface area contributed by atoms with Crippen molar-refractivity contribution in [1.29, 1.82) is 0 Å². The molecule has 1 amide bonds. The van der Waals surface area contributed by atoms with E-state index in [0.717, 1.165) is 17.7 Å². The van der Waals surface area contributed by atoms with Gasteiger partial charge < -0.3 is 14.2 Å². The summed E-state index contributed by atoms with van der Waals surface area (Å²) in [6.07, 6.45) is 2.80. The number of methoxy groups -OCH3 is 1. The average molecular weight is 360 g/mol. The number of aromatic nitrogens is 1. The monoisotopic (exact) mass is 360 g/mol. The number of halogens is 1. The fourth-order valence-electron chi connectivity index (χ4n) is 2.86. The van der Waals surface area contributed by atoms with Gasteiger partial charge in [0.2, 0.25) is 5.91 Å². The predicted molar refractivity (Wildman–Crippen MR) is 101 cm³/mol. The van der Waals surface area contributed by atoms with Crippen LogP contribution in [0.3, 0.4) is 0 Å². The molecule has 0 saturated heterocycles. The molecular weight excluding hydrogens is 331 g/mol. The number of nitrogens with zero attached hydrogens (tertiary/aromatic N) is 2. The number of amides is 1. The lowest BCUT2D eigenvalue weighted by Crippen LogP contribution is -2.40. The maximum absolute atomic E-state index is 13.1. The van der Waals surface area contributed by atoms with E-state index >= 15 is 0 Å². The Bertz CT molecular complexity index is 702. The molecule has 2 aromatic rings. The minimum absolute atomic E-state index is 0.128. The minimum Gasteiger partial charge on any atom is -0.385 e. The number of carbonyl (C=O) groups is 1. The van der Waals surface area contributed by atoms with Crippen LogP contribution in [0.25, 0.3) is 0 Å². The van der Waals surface area contributed by atoms with Gasteiger partial charge in [-0.25, -0.2) is 4.39 Å². The molecule has 0 radical (unpaired) electrons. The van der Waals surface area contributed by atoms with E-state index in [1.807, 2.05) is 44.0 Å². The summed E-state index contributed by atoms with van der Waals surface area (Å²) in [5, 5.41) is 0. The van der Waals surface area contributed by atoms with Crippen molar-refractivity contribution in [2.24, 2.45) is 5.41 Å². The Labute approximate surface area is 155 Å². The Morgan fingerprint density at radius 2 is 1.88 bits per heavy atom. The Morgan fingerprint density at radius 3 is 2.50 bits per heavy atom. The third-order valence-electron chi connectivity index (χ3n) is 4.25. The van der Waals surface area contributed by atoms with Gasteiger partial charge in [-0.1, -0.05) is 32.9 Å². The van der Waals surface area contributed by atoms with Crippen molar-refractivity contribution in [3.05, 3.63) is 59.7 Å². The first-order valence-corrected chi connectivity index (χ1v) is 8.98. The van der Waals surface area contributed by atoms with Crippen LogP contribution in [-0.2, 0) is 22.6 Å². The topological polar surface area (TPSA) is 34.5 Å². The van der Waals surface area contributed by atoms with E-state index in [2.05, 4.69) is 4.57 Å². The second-order valence-corrected chi connectivity index (χ2v) is 7.58. The zero-order chi connectivity index (χ0) is 19.2. The first-order chi connectivity index (χ1) is 12.3. The van der Waals surface area contributed by atoms with Gasteiger partial charge in [0.25, 0.3) is 0 Å². The van der Waals surface area contributed by atoms with Gasteiger partial charge in [0.15, 0.2) is 0 Å². The van der Waals surface area contributed by atoms with Crippen molar-refractivity contribution in [2.45, 2.75) is 40.3 Å². The highest BCUT2D eigenvalue weighted by Gasteiger charge is 2.27. The molecule has 2 rings (SSSR count). The normalized spacial score (nSPS) is 11.6. The zero-order valence-corrected chi connectivity index (χ0v) is 16.2. The van der Waals surface area contributed by atoms with Gasteiger partial charge in [-0.3, -0.25) is 4.79 Å². The number of benzene rings is 1. The quantitative estimate of drug-likeness (QED) is 0.665. The molecule has 0 aliphatic rings. The van der Waals surface area contributed by atoms with Crippen LogP contribution in [0, 0.1) is 11.2 Å². The summed E-state index contributed by atoms with van der Waals surface area (Å²) >= 11 is 0. The average Bonchev–Trinajstić information content (AvgIpc) is 3.01. The molecule has 0 atom stereocenters. The van der Waals surface area contributed by atoms with E-state index < -0.39 is 5.41 Å². The maximum Gasteiger partial charge on any atom is 0.228 e. The van der Waals surface area contributed by atoms with Gasteiger partial charge >= 0.3 is 0 Å². The van der Waals surface area contributed by atoms with Crippen molar-refractivity contribution in [3.8, 4) is 0 Å². The van der Waals surface area contributed by atoms with Gasteiger partial charge in [0, 0.05) is 44.1 Å². The molecule has 26 heavy (non-hydrogen) atoms. The molecule has 1 aromatic heterocycles. The van der Waals surface area contributed by atoms with Crippen molar-refractivity contribution in [1.82, 2.24) is 9.47 Å². The van der Waals surface area contributed by atoms with Gasteiger partial charge in [-0.15, -0.1) is 0 Å². The SMILES string of the molecule is COCCCN(Cc1cccn1Cc1ccc(F)cc1)C(=O)C(C)(C)C. The molecule has 1 aromatic carbocycles. The van der Waals surface area contributed by atoms with Gasteiger partial charge in [-0.05, 0) is 36.2 Å². The summed E-state index contributed by atoms with van der Waals surface area (Å²) in [5.41, 5.74) is 1.66. The molecule has 142 valence electrons. The molecule has 0 bridgehead atoms. The molecule has 4 nitrogen and oxygen atoms in total. The van der Waals surface area contributed by atoms with Crippen LogP contribution in [0.2, 0.25) is 0 Å². The molecule has 5 heteroatoms. The fourth-order valence-corrected chi connectivity index (χ4v) is 2.86. The first-order valence-electron chi connectivity index (χ1n) is 8.98. The molecule has 0 fully saturated rings. The molecule has 0 spiro atoms. The smallest absolute Gasteiger partial charge is 0.228 e. The molecule has 0 aliphatic carbocycles. The third-order valence-corrected chi connectivity index (χ3v) is 4.25. The zero-order valence-electron chi connectivity index (χ0n) is 16.2. The molecular formula is C21H29FN2O2. The summed E-state index contributed by atoms with van der Waals surface area (Å²) in [6, 6.07) is 10.5. The number of hydrogen-bond donors (Lipinski definition) is 0. The van der Waals surface area contributed by atoms with Crippen LogP contribution in [-0.4, -0.2) is 35.6 Å². The maximum atomic E-state index is 13.1. The summed E-state index contributed by atoms with van der Waals surface area (Å²) in [5.74, 6) is -0.107. The van der Waals surface area contributed by atoms with E-state index in [4.69, 9.17) is 4.74 Å². The van der Waals surface area contributed by atoms with E-state index in [1.54, 1.807) is 19.2 Å². The summed E-state index contributed by atoms with van der Waals surface area (Å²) in [6.45, 7) is 8.31. The van der Waals surface area contributed by atoms with Crippen molar-refractivity contribution < 1.29 is 13.9 Å². The molecule has 0 N–H and O–H groups in total. The van der Waals surface area contributed by atoms with Crippen molar-refractivity contribution in [2.75, 3.05) is 20.3 Å². The summed E-state index contributed by atoms with van der Waals surface area (Å²) in [7, 11) is 1.67. The highest BCUT2D eigenvalue weighted by atomic mass is 19.1. The summed E-state index contributed by atoms with van der Waals surface area (Å²) in [4.78, 5) is 14.7. The molecule has 0 saturated carbocycles. The minimum atomic E-state index is -0.429. The lowest BCUT2D eigenvalue weighted by Gasteiger charge is -2.30. The first kappa shape index (κ1) is 20.2. The lowest BCUT2D eigenvalue weighted by atomic mass is 9.94.